The van der Waals surface area contributed by atoms with Gasteiger partial charge < -0.3 is 19.9 Å². The van der Waals surface area contributed by atoms with Crippen molar-refractivity contribution in [2.45, 2.75) is 13.8 Å². The highest BCUT2D eigenvalue weighted by atomic mass is 32.1. The van der Waals surface area contributed by atoms with E-state index in [1.807, 2.05) is 0 Å². The molecule has 3 aromatic rings. The number of nitrogen functional groups attached to an aromatic ring is 1. The van der Waals surface area contributed by atoms with Gasteiger partial charge in [-0.25, -0.2) is 14.8 Å². The number of nitrogens with two attached hydrogens (primary N) is 1. The van der Waals surface area contributed by atoms with Gasteiger partial charge in [0.1, 0.15) is 15.5 Å². The molecule has 0 bridgehead atoms. The van der Waals surface area contributed by atoms with Gasteiger partial charge in [0.05, 0.1) is 37.1 Å². The van der Waals surface area contributed by atoms with E-state index in [-0.39, 0.29) is 28.3 Å². The molecule has 12 heteroatoms. The smallest absolute Gasteiger partial charge is 0.351 e. The monoisotopic (exact) mass is 418 g/mol. The van der Waals surface area contributed by atoms with E-state index in [1.54, 1.807) is 13.8 Å². The van der Waals surface area contributed by atoms with E-state index in [9.17, 15) is 9.59 Å². The van der Waals surface area contributed by atoms with E-state index in [0.717, 1.165) is 11.3 Å². The summed E-state index contributed by atoms with van der Waals surface area (Å²) in [7, 11) is 2.83. The number of methoxy groups -OCH3 is 2. The van der Waals surface area contributed by atoms with Crippen LogP contribution in [0, 0.1) is 13.8 Å². The minimum Gasteiger partial charge on any atom is -0.481 e. The first-order valence-corrected chi connectivity index (χ1v) is 9.11. The molecule has 3 heterocycles. The Labute approximate surface area is 169 Å². The molecule has 0 saturated heterocycles. The van der Waals surface area contributed by atoms with Gasteiger partial charge in [0.2, 0.25) is 17.7 Å². The fourth-order valence-corrected chi connectivity index (χ4v) is 3.59. The number of aryl methyl sites for hydroxylation is 2. The standard InChI is InChI=1S/C17H18N6O5S/c1-7-12-13(18)14(29-15(12)20-8(2)19-7)16(25)28-6-9(24)21-17-22-10(26-3)5-11(23-17)27-4/h5H,6,18H2,1-4H3,(H,21,22,23,24). The Morgan fingerprint density at radius 1 is 1.10 bits per heavy atom. The molecule has 0 spiro atoms. The molecule has 0 unspecified atom stereocenters. The Balaban J connectivity index is 1.69. The highest BCUT2D eigenvalue weighted by Crippen LogP contribution is 2.34. The molecule has 0 aliphatic rings. The second kappa shape index (κ2) is 8.22. The molecular weight excluding hydrogens is 400 g/mol. The minimum absolute atomic E-state index is 0.0509. The highest BCUT2D eigenvalue weighted by molar-refractivity contribution is 7.21. The van der Waals surface area contributed by atoms with Crippen LogP contribution in [0.15, 0.2) is 6.07 Å². The van der Waals surface area contributed by atoms with Crippen molar-refractivity contribution < 1.29 is 23.8 Å². The van der Waals surface area contributed by atoms with Crippen molar-refractivity contribution in [2.24, 2.45) is 0 Å². The minimum atomic E-state index is -0.734. The fourth-order valence-electron chi connectivity index (χ4n) is 2.51. The lowest BCUT2D eigenvalue weighted by atomic mass is 10.2. The van der Waals surface area contributed by atoms with E-state index in [2.05, 4.69) is 25.3 Å². The first-order chi connectivity index (χ1) is 13.8. The molecule has 0 aromatic carbocycles. The van der Waals surface area contributed by atoms with E-state index < -0.39 is 18.5 Å². The summed E-state index contributed by atoms with van der Waals surface area (Å²) < 4.78 is 15.1. The van der Waals surface area contributed by atoms with E-state index in [0.29, 0.717) is 21.7 Å². The summed E-state index contributed by atoms with van der Waals surface area (Å²) in [4.78, 5) is 41.7. The van der Waals surface area contributed by atoms with Crippen molar-refractivity contribution in [2.75, 3.05) is 31.9 Å². The van der Waals surface area contributed by atoms with Crippen LogP contribution in [-0.2, 0) is 9.53 Å². The molecule has 3 rings (SSSR count). The van der Waals surface area contributed by atoms with Crippen LogP contribution >= 0.6 is 11.3 Å². The van der Waals surface area contributed by atoms with Crippen molar-refractivity contribution in [3.8, 4) is 11.8 Å². The maximum absolute atomic E-state index is 12.4. The molecule has 0 fully saturated rings. The van der Waals surface area contributed by atoms with E-state index in [1.165, 1.54) is 20.3 Å². The van der Waals surface area contributed by atoms with Crippen molar-refractivity contribution in [1.29, 1.82) is 0 Å². The van der Waals surface area contributed by atoms with E-state index >= 15 is 0 Å². The number of fused-ring (bicyclic) bond motifs is 1. The zero-order valence-electron chi connectivity index (χ0n) is 16.1. The predicted molar refractivity (Wildman–Crippen MR) is 105 cm³/mol. The predicted octanol–water partition coefficient (Wildman–Crippen LogP) is 1.49. The molecule has 152 valence electrons. The van der Waals surface area contributed by atoms with Gasteiger partial charge in [0, 0.05) is 0 Å². The largest absolute Gasteiger partial charge is 0.481 e. The molecule has 0 atom stereocenters. The molecule has 11 nitrogen and oxygen atoms in total. The molecule has 3 N–H and O–H groups in total. The van der Waals surface area contributed by atoms with Crippen molar-refractivity contribution in [1.82, 2.24) is 19.9 Å². The lowest BCUT2D eigenvalue weighted by molar-refractivity contribution is -0.119. The number of ether oxygens (including phenoxy) is 3. The number of anilines is 2. The molecule has 0 saturated carbocycles. The third-order valence-electron chi connectivity index (χ3n) is 3.75. The third kappa shape index (κ3) is 4.32. The average Bonchev–Trinajstić information content (AvgIpc) is 3.02. The van der Waals surface area contributed by atoms with Crippen molar-refractivity contribution in [3.05, 3.63) is 22.5 Å². The first-order valence-electron chi connectivity index (χ1n) is 8.29. The van der Waals surface area contributed by atoms with Gasteiger partial charge in [-0.15, -0.1) is 11.3 Å². The Morgan fingerprint density at radius 2 is 1.76 bits per heavy atom. The number of rotatable bonds is 6. The molecule has 1 amide bonds. The quantitative estimate of drug-likeness (QED) is 0.563. The molecule has 0 radical (unpaired) electrons. The maximum atomic E-state index is 12.4. The lowest BCUT2D eigenvalue weighted by Gasteiger charge is -2.08. The Hall–Kier alpha value is -3.54. The van der Waals surface area contributed by atoms with Crippen LogP contribution in [0.2, 0.25) is 0 Å². The summed E-state index contributed by atoms with van der Waals surface area (Å²) in [5, 5.41) is 3.01. The highest BCUT2D eigenvalue weighted by Gasteiger charge is 2.21. The lowest BCUT2D eigenvalue weighted by Crippen LogP contribution is -2.22. The summed E-state index contributed by atoms with van der Waals surface area (Å²) in [6.07, 6.45) is 0. The summed E-state index contributed by atoms with van der Waals surface area (Å²) >= 11 is 1.09. The number of hydrogen-bond donors (Lipinski definition) is 2. The summed E-state index contributed by atoms with van der Waals surface area (Å²) in [6, 6.07) is 1.45. The molecule has 0 aliphatic heterocycles. The number of thiophene rings is 1. The van der Waals surface area contributed by atoms with Crippen LogP contribution in [0.3, 0.4) is 0 Å². The van der Waals surface area contributed by atoms with Gasteiger partial charge >= 0.3 is 5.97 Å². The number of carbonyl (C=O) groups excluding carboxylic acids is 2. The van der Waals surface area contributed by atoms with E-state index in [4.69, 9.17) is 19.9 Å². The number of nitrogens with one attached hydrogen (secondary N) is 1. The van der Waals surface area contributed by atoms with Crippen LogP contribution in [0.1, 0.15) is 21.2 Å². The zero-order chi connectivity index (χ0) is 21.1. The second-order valence-electron chi connectivity index (χ2n) is 5.78. The topological polar surface area (TPSA) is 151 Å². The van der Waals surface area contributed by atoms with Gasteiger partial charge in [0.25, 0.3) is 5.91 Å². The maximum Gasteiger partial charge on any atom is 0.351 e. The number of nitrogens with zero attached hydrogens (tertiary/aromatic N) is 4. The first kappa shape index (κ1) is 20.2. The van der Waals surface area contributed by atoms with Gasteiger partial charge in [-0.05, 0) is 13.8 Å². The van der Waals surface area contributed by atoms with Crippen LogP contribution in [0.4, 0.5) is 11.6 Å². The molecule has 29 heavy (non-hydrogen) atoms. The van der Waals surface area contributed by atoms with Crippen molar-refractivity contribution in [3.63, 3.8) is 0 Å². The summed E-state index contributed by atoms with van der Waals surface area (Å²) in [5.74, 6) is -0.445. The Bertz CT molecular complexity index is 1080. The van der Waals surface area contributed by atoms with Gasteiger partial charge in [-0.2, -0.15) is 9.97 Å². The summed E-state index contributed by atoms with van der Waals surface area (Å²) in [6.45, 7) is 2.98. The average molecular weight is 418 g/mol. The molecule has 3 aromatic heterocycles. The molecule has 0 aliphatic carbocycles. The normalized spacial score (nSPS) is 10.6. The molecular formula is C17H18N6O5S. The van der Waals surface area contributed by atoms with Crippen LogP contribution < -0.4 is 20.5 Å². The van der Waals surface area contributed by atoms with Crippen LogP contribution in [0.25, 0.3) is 10.2 Å². The number of carbonyl (C=O) groups is 2. The zero-order valence-corrected chi connectivity index (χ0v) is 16.9. The Kier molecular flexibility index (Phi) is 5.73. The van der Waals surface area contributed by atoms with Crippen LogP contribution in [0.5, 0.6) is 11.8 Å². The second-order valence-corrected chi connectivity index (χ2v) is 6.78. The summed E-state index contributed by atoms with van der Waals surface area (Å²) in [5.41, 5.74) is 6.96. The fraction of sp³-hybridized carbons (Fsp3) is 0.294. The SMILES string of the molecule is COc1cc(OC)nc(NC(=O)COC(=O)c2sc3nc(C)nc(C)c3c2N)n1. The number of esters is 1. The van der Waals surface area contributed by atoms with Crippen LogP contribution in [-0.4, -0.2) is 52.6 Å². The van der Waals surface area contributed by atoms with Gasteiger partial charge in [-0.1, -0.05) is 0 Å². The van der Waals surface area contributed by atoms with Gasteiger partial charge in [0.15, 0.2) is 6.61 Å². The Morgan fingerprint density at radius 3 is 2.38 bits per heavy atom. The number of aromatic nitrogens is 4. The third-order valence-corrected chi connectivity index (χ3v) is 4.83. The number of amides is 1. The van der Waals surface area contributed by atoms with Crippen molar-refractivity contribution >= 4 is 45.1 Å². The van der Waals surface area contributed by atoms with Gasteiger partial charge in [-0.3, -0.25) is 10.1 Å². The number of hydrogen-bond acceptors (Lipinski definition) is 11.